The number of aromatic amines is 1. The maximum absolute atomic E-state index is 12.5. The van der Waals surface area contributed by atoms with Crippen molar-refractivity contribution < 1.29 is 13.6 Å². The summed E-state index contributed by atoms with van der Waals surface area (Å²) in [6.07, 6.45) is 5.83. The minimum absolute atomic E-state index is 0.0842. The van der Waals surface area contributed by atoms with Crippen LogP contribution in [0, 0.1) is 0 Å². The number of aromatic nitrogens is 1. The number of fused-ring (bicyclic) bond motifs is 1. The molecule has 0 unspecified atom stereocenters. The smallest absolute Gasteiger partial charge is 0.261 e. The zero-order valence-electron chi connectivity index (χ0n) is 12.9. The Balaban J connectivity index is 1.57. The van der Waals surface area contributed by atoms with Gasteiger partial charge >= 0.3 is 0 Å². The lowest BCUT2D eigenvalue weighted by Gasteiger charge is -2.22. The predicted octanol–water partition coefficient (Wildman–Crippen LogP) is 3.04. The molecule has 0 aliphatic heterocycles. The van der Waals surface area contributed by atoms with Gasteiger partial charge < -0.3 is 19.1 Å². The first kappa shape index (κ1) is 14.6. The fraction of sp³-hybridized carbons (Fsp3) is 0.222. The Morgan fingerprint density at radius 1 is 1.17 bits per heavy atom. The van der Waals surface area contributed by atoms with E-state index >= 15 is 0 Å². The maximum atomic E-state index is 12.5. The molecule has 6 nitrogen and oxygen atoms in total. The fourth-order valence-corrected chi connectivity index (χ4v) is 3.10. The number of carbonyl (C=O) groups is 1. The lowest BCUT2D eigenvalue weighted by atomic mass is 9.93. The fourth-order valence-electron chi connectivity index (χ4n) is 3.10. The molecule has 0 aromatic carbocycles. The second-order valence-electron chi connectivity index (χ2n) is 5.81. The van der Waals surface area contributed by atoms with Gasteiger partial charge in [-0.1, -0.05) is 0 Å². The summed E-state index contributed by atoms with van der Waals surface area (Å²) in [5.74, 6) is 1.07. The number of amides is 1. The predicted molar refractivity (Wildman–Crippen MR) is 86.6 cm³/mol. The molecule has 6 heteroatoms. The normalized spacial score (nSPS) is 16.6. The van der Waals surface area contributed by atoms with Crippen LogP contribution in [0.2, 0.25) is 0 Å². The molecule has 3 aromatic rings. The highest BCUT2D eigenvalue weighted by Crippen LogP contribution is 2.30. The molecule has 0 spiro atoms. The van der Waals surface area contributed by atoms with Crippen molar-refractivity contribution in [3.05, 3.63) is 70.1 Å². The molecule has 0 saturated heterocycles. The number of furan rings is 2. The van der Waals surface area contributed by atoms with Crippen molar-refractivity contribution in [2.75, 3.05) is 0 Å². The van der Waals surface area contributed by atoms with Crippen LogP contribution in [0.25, 0.3) is 11.5 Å². The largest absolute Gasteiger partial charge is 0.469 e. The van der Waals surface area contributed by atoms with Crippen molar-refractivity contribution in [2.24, 2.45) is 0 Å². The Bertz CT molecular complexity index is 921. The average molecular weight is 324 g/mol. The summed E-state index contributed by atoms with van der Waals surface area (Å²) in [5.41, 5.74) is 1.18. The first-order valence-electron chi connectivity index (χ1n) is 7.87. The average Bonchev–Trinajstić information content (AvgIpc) is 3.26. The minimum atomic E-state index is -0.440. The maximum Gasteiger partial charge on any atom is 0.261 e. The molecule has 4 rings (SSSR count). The highest BCUT2D eigenvalue weighted by Gasteiger charge is 2.25. The van der Waals surface area contributed by atoms with Gasteiger partial charge in [0.25, 0.3) is 11.5 Å². The van der Waals surface area contributed by atoms with Gasteiger partial charge in [0.05, 0.1) is 24.3 Å². The molecule has 3 heterocycles. The SMILES string of the molecule is O=C(N[C@@H]1CCCc2occc21)c1ccc(-c2ccco2)[nH]c1=O. The van der Waals surface area contributed by atoms with Gasteiger partial charge in [0.1, 0.15) is 17.1 Å². The molecule has 122 valence electrons. The zero-order chi connectivity index (χ0) is 16.5. The Kier molecular flexibility index (Phi) is 3.57. The van der Waals surface area contributed by atoms with Crippen LogP contribution in [-0.4, -0.2) is 10.9 Å². The molecule has 3 aromatic heterocycles. The third-order valence-corrected chi connectivity index (χ3v) is 4.30. The summed E-state index contributed by atoms with van der Waals surface area (Å²) in [6, 6.07) is 8.42. The van der Waals surface area contributed by atoms with E-state index in [1.165, 1.54) is 12.3 Å². The van der Waals surface area contributed by atoms with Crippen LogP contribution in [0.5, 0.6) is 0 Å². The first-order chi connectivity index (χ1) is 11.7. The molecule has 0 fully saturated rings. The summed E-state index contributed by atoms with van der Waals surface area (Å²) in [4.78, 5) is 27.4. The van der Waals surface area contributed by atoms with Crippen molar-refractivity contribution in [1.82, 2.24) is 10.3 Å². The van der Waals surface area contributed by atoms with Crippen molar-refractivity contribution in [2.45, 2.75) is 25.3 Å². The summed E-state index contributed by atoms with van der Waals surface area (Å²) in [7, 11) is 0. The van der Waals surface area contributed by atoms with Crippen LogP contribution in [-0.2, 0) is 6.42 Å². The molecule has 0 saturated carbocycles. The van der Waals surface area contributed by atoms with Crippen LogP contribution in [0.15, 0.2) is 56.5 Å². The molecule has 1 amide bonds. The van der Waals surface area contributed by atoms with Gasteiger partial charge in [-0.3, -0.25) is 9.59 Å². The van der Waals surface area contributed by atoms with Gasteiger partial charge in [0.15, 0.2) is 0 Å². The topological polar surface area (TPSA) is 88.2 Å². The third-order valence-electron chi connectivity index (χ3n) is 4.30. The molecule has 1 aliphatic carbocycles. The van der Waals surface area contributed by atoms with E-state index in [1.807, 2.05) is 6.07 Å². The van der Waals surface area contributed by atoms with Crippen molar-refractivity contribution in [3.63, 3.8) is 0 Å². The van der Waals surface area contributed by atoms with E-state index in [4.69, 9.17) is 8.83 Å². The zero-order valence-corrected chi connectivity index (χ0v) is 12.9. The Labute approximate surface area is 137 Å². The van der Waals surface area contributed by atoms with E-state index in [-0.39, 0.29) is 17.5 Å². The van der Waals surface area contributed by atoms with Crippen molar-refractivity contribution in [3.8, 4) is 11.5 Å². The molecule has 1 atom stereocenters. The van der Waals surface area contributed by atoms with Gasteiger partial charge in [0.2, 0.25) is 0 Å². The summed E-state index contributed by atoms with van der Waals surface area (Å²) < 4.78 is 10.7. The first-order valence-corrected chi connectivity index (χ1v) is 7.87. The van der Waals surface area contributed by atoms with E-state index in [2.05, 4.69) is 10.3 Å². The molecule has 0 bridgehead atoms. The molecule has 24 heavy (non-hydrogen) atoms. The molecular weight excluding hydrogens is 308 g/mol. The number of pyridine rings is 1. The lowest BCUT2D eigenvalue weighted by molar-refractivity contribution is 0.0930. The van der Waals surface area contributed by atoms with Crippen LogP contribution in [0.3, 0.4) is 0 Å². The standard InChI is InChI=1S/C18H16N2O4/c21-17(19-13-3-1-4-15-11(13)8-10-24-15)12-6-7-14(20-18(12)22)16-5-2-9-23-16/h2,5-10,13H,1,3-4H2,(H,19,21)(H,20,22)/t13-/m1/s1. The lowest BCUT2D eigenvalue weighted by Crippen LogP contribution is -2.34. The van der Waals surface area contributed by atoms with Crippen LogP contribution < -0.4 is 10.9 Å². The summed E-state index contributed by atoms with van der Waals surface area (Å²) in [6.45, 7) is 0. The summed E-state index contributed by atoms with van der Waals surface area (Å²) in [5, 5.41) is 2.93. The number of hydrogen-bond donors (Lipinski definition) is 2. The second-order valence-corrected chi connectivity index (χ2v) is 5.81. The molecule has 0 radical (unpaired) electrons. The van der Waals surface area contributed by atoms with Gasteiger partial charge in [-0.25, -0.2) is 0 Å². The van der Waals surface area contributed by atoms with E-state index in [0.717, 1.165) is 30.6 Å². The van der Waals surface area contributed by atoms with Crippen LogP contribution >= 0.6 is 0 Å². The van der Waals surface area contributed by atoms with E-state index in [1.54, 1.807) is 24.5 Å². The van der Waals surface area contributed by atoms with Crippen LogP contribution in [0.1, 0.15) is 40.6 Å². The second kappa shape index (κ2) is 5.88. The Morgan fingerprint density at radius 2 is 2.08 bits per heavy atom. The highest BCUT2D eigenvalue weighted by molar-refractivity contribution is 5.94. The van der Waals surface area contributed by atoms with Crippen LogP contribution in [0.4, 0.5) is 0 Å². The highest BCUT2D eigenvalue weighted by atomic mass is 16.3. The van der Waals surface area contributed by atoms with Gasteiger partial charge in [0, 0.05) is 12.0 Å². The van der Waals surface area contributed by atoms with Gasteiger partial charge in [-0.15, -0.1) is 0 Å². The summed E-state index contributed by atoms with van der Waals surface area (Å²) >= 11 is 0. The Hall–Kier alpha value is -3.02. The number of carbonyl (C=O) groups excluding carboxylic acids is 1. The van der Waals surface area contributed by atoms with E-state index in [9.17, 15) is 9.59 Å². The monoisotopic (exact) mass is 324 g/mol. The van der Waals surface area contributed by atoms with E-state index in [0.29, 0.717) is 11.5 Å². The molecule has 2 N–H and O–H groups in total. The van der Waals surface area contributed by atoms with Gasteiger partial charge in [-0.2, -0.15) is 0 Å². The van der Waals surface area contributed by atoms with Crippen molar-refractivity contribution in [1.29, 1.82) is 0 Å². The third kappa shape index (κ3) is 2.56. The van der Waals surface area contributed by atoms with Crippen molar-refractivity contribution >= 4 is 5.91 Å². The van der Waals surface area contributed by atoms with E-state index < -0.39 is 5.56 Å². The quantitative estimate of drug-likeness (QED) is 0.775. The minimum Gasteiger partial charge on any atom is -0.469 e. The number of nitrogens with one attached hydrogen (secondary N) is 2. The van der Waals surface area contributed by atoms with Gasteiger partial charge in [-0.05, 0) is 43.2 Å². The number of H-pyrrole nitrogens is 1. The number of rotatable bonds is 3. The molecular formula is C18H16N2O4. The Morgan fingerprint density at radius 3 is 2.88 bits per heavy atom. The number of aryl methyl sites for hydroxylation is 1. The number of hydrogen-bond acceptors (Lipinski definition) is 4. The molecule has 1 aliphatic rings.